The van der Waals surface area contributed by atoms with Crippen LogP contribution in [0.2, 0.25) is 0 Å². The van der Waals surface area contributed by atoms with Gasteiger partial charge in [0.15, 0.2) is 0 Å². The maximum absolute atomic E-state index is 5.63. The molecule has 0 bridgehead atoms. The Morgan fingerprint density at radius 2 is 2.13 bits per heavy atom. The van der Waals surface area contributed by atoms with Crippen molar-refractivity contribution in [3.8, 4) is 0 Å². The molecule has 1 N–H and O–H groups in total. The third-order valence-corrected chi connectivity index (χ3v) is 2.63. The number of hydrogen-bond acceptors (Lipinski definition) is 3. The van der Waals surface area contributed by atoms with Crippen LogP contribution in [0.4, 0.5) is 0 Å². The number of ether oxygens (including phenoxy) is 1. The number of rotatable bonds is 9. The van der Waals surface area contributed by atoms with E-state index in [4.69, 9.17) is 4.74 Å². The molecule has 1 fully saturated rings. The van der Waals surface area contributed by atoms with Gasteiger partial charge in [-0.1, -0.05) is 6.92 Å². The highest BCUT2D eigenvalue weighted by Crippen LogP contribution is 2.18. The molecule has 0 saturated heterocycles. The van der Waals surface area contributed by atoms with Crippen molar-refractivity contribution in [2.24, 2.45) is 5.92 Å². The molecular formula is C12H26N2O. The lowest BCUT2D eigenvalue weighted by molar-refractivity contribution is 0.0979. The van der Waals surface area contributed by atoms with E-state index in [0.717, 1.165) is 38.8 Å². The molecule has 15 heavy (non-hydrogen) atoms. The van der Waals surface area contributed by atoms with E-state index in [2.05, 4.69) is 31.2 Å². The summed E-state index contributed by atoms with van der Waals surface area (Å²) >= 11 is 0. The average molecular weight is 214 g/mol. The van der Waals surface area contributed by atoms with Crippen LogP contribution < -0.4 is 5.32 Å². The van der Waals surface area contributed by atoms with Gasteiger partial charge in [0.1, 0.15) is 0 Å². The topological polar surface area (TPSA) is 24.5 Å². The van der Waals surface area contributed by atoms with Gasteiger partial charge in [0.25, 0.3) is 0 Å². The fourth-order valence-corrected chi connectivity index (χ4v) is 1.48. The summed E-state index contributed by atoms with van der Waals surface area (Å²) in [5.41, 5.74) is 0. The molecule has 1 atom stereocenters. The van der Waals surface area contributed by atoms with E-state index in [0.29, 0.717) is 5.92 Å². The van der Waals surface area contributed by atoms with Gasteiger partial charge in [-0.2, -0.15) is 0 Å². The molecule has 0 amide bonds. The first-order chi connectivity index (χ1) is 7.18. The predicted molar refractivity (Wildman–Crippen MR) is 64.2 cm³/mol. The Bertz CT molecular complexity index is 158. The monoisotopic (exact) mass is 214 g/mol. The zero-order chi connectivity index (χ0) is 11.1. The van der Waals surface area contributed by atoms with Crippen molar-refractivity contribution >= 4 is 0 Å². The van der Waals surface area contributed by atoms with Gasteiger partial charge in [0.05, 0.1) is 6.61 Å². The smallest absolute Gasteiger partial charge is 0.0503 e. The number of hydrogen-bond donors (Lipinski definition) is 1. The van der Waals surface area contributed by atoms with Crippen LogP contribution >= 0.6 is 0 Å². The van der Waals surface area contributed by atoms with Gasteiger partial charge in [0, 0.05) is 19.2 Å². The van der Waals surface area contributed by atoms with E-state index in [1.165, 1.54) is 12.8 Å². The Labute approximate surface area is 94.2 Å². The normalized spacial score (nSPS) is 18.4. The second kappa shape index (κ2) is 7.20. The Morgan fingerprint density at radius 3 is 2.73 bits per heavy atom. The fraction of sp³-hybridized carbons (Fsp3) is 1.00. The predicted octanol–water partition coefficient (Wildman–Crippen LogP) is 1.34. The molecule has 0 aromatic carbocycles. The Hall–Kier alpha value is -0.120. The van der Waals surface area contributed by atoms with Crippen molar-refractivity contribution < 1.29 is 4.74 Å². The second-order valence-corrected chi connectivity index (χ2v) is 5.02. The molecule has 0 heterocycles. The van der Waals surface area contributed by atoms with E-state index in [1.807, 2.05) is 0 Å². The van der Waals surface area contributed by atoms with Crippen molar-refractivity contribution in [1.29, 1.82) is 0 Å². The maximum atomic E-state index is 5.63. The highest BCUT2D eigenvalue weighted by Gasteiger charge is 2.20. The molecule has 3 nitrogen and oxygen atoms in total. The van der Waals surface area contributed by atoms with E-state index >= 15 is 0 Å². The van der Waals surface area contributed by atoms with E-state index in [9.17, 15) is 0 Å². The third-order valence-electron chi connectivity index (χ3n) is 2.63. The van der Waals surface area contributed by atoms with Crippen LogP contribution in [0.15, 0.2) is 0 Å². The SMILES string of the molecule is CC(CNC1CC1)COCCCN(C)C. The second-order valence-electron chi connectivity index (χ2n) is 5.02. The Balaban J connectivity index is 1.81. The van der Waals surface area contributed by atoms with Gasteiger partial charge in [-0.25, -0.2) is 0 Å². The van der Waals surface area contributed by atoms with Crippen molar-refractivity contribution in [3.05, 3.63) is 0 Å². The summed E-state index contributed by atoms with van der Waals surface area (Å²) in [7, 11) is 4.20. The fourth-order valence-electron chi connectivity index (χ4n) is 1.48. The Kier molecular flexibility index (Phi) is 6.22. The van der Waals surface area contributed by atoms with Crippen molar-refractivity contribution in [2.75, 3.05) is 40.4 Å². The molecule has 0 spiro atoms. The third kappa shape index (κ3) is 7.77. The molecule has 0 radical (unpaired) electrons. The molecule has 1 aliphatic rings. The molecule has 1 unspecified atom stereocenters. The molecule has 3 heteroatoms. The van der Waals surface area contributed by atoms with Crippen molar-refractivity contribution in [2.45, 2.75) is 32.2 Å². The maximum Gasteiger partial charge on any atom is 0.0503 e. The lowest BCUT2D eigenvalue weighted by atomic mass is 10.2. The van der Waals surface area contributed by atoms with E-state index in [1.54, 1.807) is 0 Å². The largest absolute Gasteiger partial charge is 0.381 e. The zero-order valence-corrected chi connectivity index (χ0v) is 10.5. The van der Waals surface area contributed by atoms with Gasteiger partial charge >= 0.3 is 0 Å². The first kappa shape index (κ1) is 12.9. The summed E-state index contributed by atoms with van der Waals surface area (Å²) in [6.45, 7) is 6.27. The summed E-state index contributed by atoms with van der Waals surface area (Å²) in [6.07, 6.45) is 3.88. The summed E-state index contributed by atoms with van der Waals surface area (Å²) in [6, 6.07) is 0.821. The summed E-state index contributed by atoms with van der Waals surface area (Å²) in [4.78, 5) is 2.20. The molecule has 1 aliphatic carbocycles. The molecule has 1 saturated carbocycles. The van der Waals surface area contributed by atoms with Crippen molar-refractivity contribution in [3.63, 3.8) is 0 Å². The zero-order valence-electron chi connectivity index (χ0n) is 10.5. The standard InChI is InChI=1S/C12H26N2O/c1-11(9-13-12-5-6-12)10-15-8-4-7-14(2)3/h11-13H,4-10H2,1-3H3. The highest BCUT2D eigenvalue weighted by molar-refractivity contribution is 4.81. The minimum absolute atomic E-state index is 0.643. The Morgan fingerprint density at radius 1 is 1.40 bits per heavy atom. The first-order valence-electron chi connectivity index (χ1n) is 6.14. The quantitative estimate of drug-likeness (QED) is 0.586. The van der Waals surface area contributed by atoms with Crippen LogP contribution in [0.1, 0.15) is 26.2 Å². The number of nitrogens with one attached hydrogen (secondary N) is 1. The van der Waals surface area contributed by atoms with Crippen LogP contribution in [0.3, 0.4) is 0 Å². The highest BCUT2D eigenvalue weighted by atomic mass is 16.5. The van der Waals surface area contributed by atoms with Gasteiger partial charge in [-0.05, 0) is 45.8 Å². The summed E-state index contributed by atoms with van der Waals surface area (Å²) in [5.74, 6) is 0.643. The molecule has 0 aromatic rings. The van der Waals surface area contributed by atoms with Crippen LogP contribution in [-0.4, -0.2) is 51.3 Å². The molecule has 1 rings (SSSR count). The average Bonchev–Trinajstić information content (AvgIpc) is 2.97. The minimum atomic E-state index is 0.643. The van der Waals surface area contributed by atoms with Crippen LogP contribution in [-0.2, 0) is 4.74 Å². The summed E-state index contributed by atoms with van der Waals surface area (Å²) in [5, 5.41) is 3.53. The molecular weight excluding hydrogens is 188 g/mol. The van der Waals surface area contributed by atoms with Crippen LogP contribution in [0, 0.1) is 5.92 Å². The van der Waals surface area contributed by atoms with Crippen LogP contribution in [0.25, 0.3) is 0 Å². The molecule has 0 aliphatic heterocycles. The summed E-state index contributed by atoms with van der Waals surface area (Å²) < 4.78 is 5.63. The lowest BCUT2D eigenvalue weighted by Crippen LogP contribution is -2.26. The van der Waals surface area contributed by atoms with Gasteiger partial charge < -0.3 is 15.0 Å². The van der Waals surface area contributed by atoms with Crippen LogP contribution in [0.5, 0.6) is 0 Å². The molecule has 0 aromatic heterocycles. The lowest BCUT2D eigenvalue weighted by Gasteiger charge is -2.13. The first-order valence-corrected chi connectivity index (χ1v) is 6.14. The van der Waals surface area contributed by atoms with E-state index in [-0.39, 0.29) is 0 Å². The van der Waals surface area contributed by atoms with Gasteiger partial charge in [-0.3, -0.25) is 0 Å². The van der Waals surface area contributed by atoms with Crippen molar-refractivity contribution in [1.82, 2.24) is 10.2 Å². The van der Waals surface area contributed by atoms with Gasteiger partial charge in [0.2, 0.25) is 0 Å². The molecule has 90 valence electrons. The van der Waals surface area contributed by atoms with Gasteiger partial charge in [-0.15, -0.1) is 0 Å². The van der Waals surface area contributed by atoms with E-state index < -0.39 is 0 Å². The minimum Gasteiger partial charge on any atom is -0.381 e. The number of nitrogens with zero attached hydrogens (tertiary/aromatic N) is 1.